The summed E-state index contributed by atoms with van der Waals surface area (Å²) < 4.78 is 0. The van der Waals surface area contributed by atoms with Crippen molar-refractivity contribution in [2.24, 2.45) is 4.99 Å². The van der Waals surface area contributed by atoms with E-state index in [1.165, 1.54) is 6.20 Å². The van der Waals surface area contributed by atoms with Crippen molar-refractivity contribution in [3.05, 3.63) is 27.9 Å². The van der Waals surface area contributed by atoms with Crippen LogP contribution >= 0.6 is 11.8 Å². The van der Waals surface area contributed by atoms with Crippen LogP contribution in [0.3, 0.4) is 0 Å². The minimum absolute atomic E-state index is 0.0468. The molecule has 3 heterocycles. The Balaban J connectivity index is 1.65. The van der Waals surface area contributed by atoms with Crippen LogP contribution in [0, 0.1) is 17.0 Å². The number of aliphatic imine (C=N–C) groups is 1. The Hall–Kier alpha value is -1.83. The number of pyridine rings is 1. The van der Waals surface area contributed by atoms with Crippen LogP contribution in [0.1, 0.15) is 12.5 Å². The largest absolute Gasteiger partial charge is 0.353 e. The fraction of sp³-hybridized carbons (Fsp3) is 0.571. The van der Waals surface area contributed by atoms with Crippen LogP contribution in [0.2, 0.25) is 0 Å². The zero-order valence-corrected chi connectivity index (χ0v) is 13.5. The van der Waals surface area contributed by atoms with Gasteiger partial charge < -0.3 is 9.80 Å². The minimum atomic E-state index is -0.404. The number of nitro groups is 1. The first kappa shape index (κ1) is 15.1. The molecule has 1 aromatic rings. The Kier molecular flexibility index (Phi) is 4.19. The summed E-state index contributed by atoms with van der Waals surface area (Å²) in [6, 6.07) is 1.59. The summed E-state index contributed by atoms with van der Waals surface area (Å²) in [7, 11) is 0. The normalized spacial score (nSPS) is 21.9. The monoisotopic (exact) mass is 321 g/mol. The van der Waals surface area contributed by atoms with E-state index in [9.17, 15) is 10.1 Å². The van der Waals surface area contributed by atoms with E-state index in [4.69, 9.17) is 0 Å². The van der Waals surface area contributed by atoms with Gasteiger partial charge in [0.1, 0.15) is 12.0 Å². The summed E-state index contributed by atoms with van der Waals surface area (Å²) in [4.78, 5) is 23.8. The Morgan fingerprint density at radius 1 is 1.32 bits per heavy atom. The molecule has 1 aromatic heterocycles. The number of piperazine rings is 1. The third kappa shape index (κ3) is 3.01. The zero-order chi connectivity index (χ0) is 15.7. The third-order valence-electron chi connectivity index (χ3n) is 3.89. The SMILES string of the molecule is Cc1cc([N+](=O)[O-])cnc1N1CCN(C2=NC[C@@H](C)S2)CC1. The van der Waals surface area contributed by atoms with Crippen molar-refractivity contribution in [1.82, 2.24) is 9.88 Å². The van der Waals surface area contributed by atoms with Crippen molar-refractivity contribution >= 4 is 28.4 Å². The van der Waals surface area contributed by atoms with Gasteiger partial charge in [-0.15, -0.1) is 0 Å². The van der Waals surface area contributed by atoms with E-state index in [0.717, 1.165) is 49.3 Å². The summed E-state index contributed by atoms with van der Waals surface area (Å²) in [5, 5.41) is 12.5. The van der Waals surface area contributed by atoms with Crippen LogP contribution in [-0.4, -0.2) is 57.9 Å². The number of anilines is 1. The Morgan fingerprint density at radius 3 is 2.55 bits per heavy atom. The van der Waals surface area contributed by atoms with E-state index < -0.39 is 4.92 Å². The highest BCUT2D eigenvalue weighted by molar-refractivity contribution is 8.14. The van der Waals surface area contributed by atoms with E-state index in [1.54, 1.807) is 6.07 Å². The van der Waals surface area contributed by atoms with Crippen LogP contribution in [0.25, 0.3) is 0 Å². The summed E-state index contributed by atoms with van der Waals surface area (Å²) >= 11 is 1.84. The van der Waals surface area contributed by atoms with E-state index in [0.29, 0.717) is 5.25 Å². The summed E-state index contributed by atoms with van der Waals surface area (Å²) in [5.41, 5.74) is 0.898. The molecule has 0 bridgehead atoms. The van der Waals surface area contributed by atoms with Crippen LogP contribution in [0.15, 0.2) is 17.3 Å². The fourth-order valence-electron chi connectivity index (χ4n) is 2.73. The average molecular weight is 321 g/mol. The molecule has 0 radical (unpaired) electrons. The van der Waals surface area contributed by atoms with Crippen LogP contribution in [0.5, 0.6) is 0 Å². The molecule has 0 aromatic carbocycles. The van der Waals surface area contributed by atoms with E-state index in [2.05, 4.69) is 26.7 Å². The lowest BCUT2D eigenvalue weighted by atomic mass is 10.2. The van der Waals surface area contributed by atoms with Crippen LogP contribution in [0.4, 0.5) is 11.5 Å². The summed E-state index contributed by atoms with van der Waals surface area (Å²) in [5.74, 6) is 0.847. The lowest BCUT2D eigenvalue weighted by molar-refractivity contribution is -0.385. The average Bonchev–Trinajstić information content (AvgIpc) is 2.94. The highest BCUT2D eigenvalue weighted by Crippen LogP contribution is 2.26. The van der Waals surface area contributed by atoms with Gasteiger partial charge >= 0.3 is 0 Å². The number of hydrogen-bond donors (Lipinski definition) is 0. The molecule has 0 saturated carbocycles. The second-order valence-electron chi connectivity index (χ2n) is 5.62. The van der Waals surface area contributed by atoms with Gasteiger partial charge in [-0.2, -0.15) is 0 Å². The number of hydrogen-bond acceptors (Lipinski definition) is 7. The standard InChI is InChI=1S/C14H19N5O2S/c1-10-7-12(19(20)21)9-15-13(10)17-3-5-18(6-4-17)14-16-8-11(2)22-14/h7,9,11H,3-6,8H2,1-2H3/t11-/m1/s1. The second kappa shape index (κ2) is 6.12. The molecule has 7 nitrogen and oxygen atoms in total. The van der Waals surface area contributed by atoms with Crippen molar-refractivity contribution in [1.29, 1.82) is 0 Å². The smallest absolute Gasteiger partial charge is 0.287 e. The molecule has 0 aliphatic carbocycles. The molecule has 1 fully saturated rings. The highest BCUT2D eigenvalue weighted by Gasteiger charge is 2.26. The maximum absolute atomic E-state index is 10.8. The van der Waals surface area contributed by atoms with Crippen molar-refractivity contribution in [2.45, 2.75) is 19.1 Å². The molecule has 0 N–H and O–H groups in total. The molecule has 118 valence electrons. The van der Waals surface area contributed by atoms with Crippen LogP contribution < -0.4 is 4.90 Å². The number of amidine groups is 1. The molecule has 3 rings (SSSR count). The summed E-state index contributed by atoms with van der Waals surface area (Å²) in [6.45, 7) is 8.53. The second-order valence-corrected chi connectivity index (χ2v) is 7.02. The molecule has 0 unspecified atom stereocenters. The van der Waals surface area contributed by atoms with Gasteiger partial charge in [-0.05, 0) is 12.5 Å². The third-order valence-corrected chi connectivity index (χ3v) is 5.04. The maximum Gasteiger partial charge on any atom is 0.287 e. The van der Waals surface area contributed by atoms with Gasteiger partial charge in [-0.25, -0.2) is 4.98 Å². The molecular formula is C14H19N5O2S. The quantitative estimate of drug-likeness (QED) is 0.612. The highest BCUT2D eigenvalue weighted by atomic mass is 32.2. The maximum atomic E-state index is 10.8. The minimum Gasteiger partial charge on any atom is -0.353 e. The predicted molar refractivity (Wildman–Crippen MR) is 88.8 cm³/mol. The van der Waals surface area contributed by atoms with Crippen molar-refractivity contribution in [2.75, 3.05) is 37.6 Å². The lowest BCUT2D eigenvalue weighted by Gasteiger charge is -2.36. The molecule has 22 heavy (non-hydrogen) atoms. The first-order valence-electron chi connectivity index (χ1n) is 7.36. The van der Waals surface area contributed by atoms with Gasteiger partial charge in [-0.3, -0.25) is 15.1 Å². The zero-order valence-electron chi connectivity index (χ0n) is 12.7. The molecular weight excluding hydrogens is 302 g/mol. The molecule has 2 aliphatic rings. The molecule has 0 spiro atoms. The molecule has 8 heteroatoms. The Labute approximate surface area is 133 Å². The van der Waals surface area contributed by atoms with Crippen LogP contribution in [-0.2, 0) is 0 Å². The van der Waals surface area contributed by atoms with Gasteiger partial charge in [0.05, 0.1) is 11.5 Å². The molecule has 2 aliphatic heterocycles. The number of rotatable bonds is 2. The lowest BCUT2D eigenvalue weighted by Crippen LogP contribution is -2.48. The van der Waals surface area contributed by atoms with Gasteiger partial charge in [0.15, 0.2) is 5.17 Å². The van der Waals surface area contributed by atoms with Crippen molar-refractivity contribution < 1.29 is 4.92 Å². The molecule has 0 amide bonds. The van der Waals surface area contributed by atoms with E-state index in [-0.39, 0.29) is 5.69 Å². The summed E-state index contributed by atoms with van der Waals surface area (Å²) in [6.07, 6.45) is 1.34. The van der Waals surface area contributed by atoms with Gasteiger partial charge in [0.25, 0.3) is 5.69 Å². The number of aryl methyl sites for hydroxylation is 1. The fourth-order valence-corrected chi connectivity index (χ4v) is 3.72. The van der Waals surface area contributed by atoms with E-state index >= 15 is 0 Å². The predicted octanol–water partition coefficient (Wildman–Crippen LogP) is 1.91. The molecule has 1 saturated heterocycles. The number of thioether (sulfide) groups is 1. The number of nitrogens with zero attached hydrogens (tertiary/aromatic N) is 5. The van der Waals surface area contributed by atoms with Gasteiger partial charge in [0, 0.05) is 37.5 Å². The van der Waals surface area contributed by atoms with E-state index in [1.807, 2.05) is 18.7 Å². The Bertz CT molecular complexity index is 613. The van der Waals surface area contributed by atoms with Crippen molar-refractivity contribution in [3.8, 4) is 0 Å². The first-order chi connectivity index (χ1) is 10.5. The van der Waals surface area contributed by atoms with Crippen molar-refractivity contribution in [3.63, 3.8) is 0 Å². The number of aromatic nitrogens is 1. The van der Waals surface area contributed by atoms with Gasteiger partial charge in [0.2, 0.25) is 0 Å². The Morgan fingerprint density at radius 2 is 2.00 bits per heavy atom. The first-order valence-corrected chi connectivity index (χ1v) is 8.24. The van der Waals surface area contributed by atoms with Gasteiger partial charge in [-0.1, -0.05) is 18.7 Å². The topological polar surface area (TPSA) is 74.9 Å². The molecule has 1 atom stereocenters.